The second-order valence-electron chi connectivity index (χ2n) is 1.77. The van der Waals surface area contributed by atoms with Gasteiger partial charge in [-0.15, -0.1) is 0 Å². The fraction of sp³-hybridized carbons (Fsp3) is 0.800. The molecule has 0 aromatic heterocycles. The summed E-state index contributed by atoms with van der Waals surface area (Å²) in [6.07, 6.45) is 0.166. The first-order valence-electron chi connectivity index (χ1n) is 2.73. The summed E-state index contributed by atoms with van der Waals surface area (Å²) in [5.41, 5.74) is 0. The van der Waals surface area contributed by atoms with E-state index in [1.54, 1.807) is 0 Å². The van der Waals surface area contributed by atoms with E-state index in [-0.39, 0.29) is 6.10 Å². The van der Waals surface area contributed by atoms with Crippen LogP contribution in [0.5, 0.6) is 0 Å². The molecule has 0 bridgehead atoms. The first-order chi connectivity index (χ1) is 4.30. The molecule has 1 aliphatic heterocycles. The fourth-order valence-electron chi connectivity index (χ4n) is 0.630. The van der Waals surface area contributed by atoms with Gasteiger partial charge >= 0.3 is 70.3 Å². The molecule has 0 aromatic rings. The maximum absolute atomic E-state index is 5.33. The van der Waals surface area contributed by atoms with Gasteiger partial charge in [-0.2, -0.15) is 0 Å². The van der Waals surface area contributed by atoms with Gasteiger partial charge in [-0.1, -0.05) is 0 Å². The molecule has 1 unspecified atom stereocenters. The molecule has 0 amide bonds. The predicted octanol–water partition coefficient (Wildman–Crippen LogP) is -1.40. The third kappa shape index (κ3) is 2.50. The molecule has 0 aliphatic carbocycles. The van der Waals surface area contributed by atoms with E-state index >= 15 is 0 Å². The normalized spacial score (nSPS) is 27.9. The Morgan fingerprint density at radius 2 is 2.33 bits per heavy atom. The van der Waals surface area contributed by atoms with Crippen molar-refractivity contribution in [2.45, 2.75) is 6.10 Å². The summed E-state index contributed by atoms with van der Waals surface area (Å²) in [5.74, 6) is 0. The molecule has 1 heterocycles. The summed E-state index contributed by atoms with van der Waals surface area (Å²) >= 11 is 5.33. The Morgan fingerprint density at radius 1 is 1.56 bits per heavy atom. The average molecular weight is 258 g/mol. The SMILES string of the molecule is [Se]=C([SeH])C1COCCO1. The molecule has 2 nitrogen and oxygen atoms in total. The minimum absolute atomic E-state index is 0.166. The first-order valence-corrected chi connectivity index (χ1v) is 4.52. The summed E-state index contributed by atoms with van der Waals surface area (Å²) in [6, 6.07) is 0. The molecule has 1 rings (SSSR count). The fourth-order valence-corrected chi connectivity index (χ4v) is 1.23. The molecule has 1 atom stereocenters. The van der Waals surface area contributed by atoms with E-state index in [1.807, 2.05) is 0 Å². The van der Waals surface area contributed by atoms with E-state index in [1.165, 1.54) is 0 Å². The monoisotopic (exact) mass is 260 g/mol. The van der Waals surface area contributed by atoms with Gasteiger partial charge < -0.3 is 0 Å². The van der Waals surface area contributed by atoms with Gasteiger partial charge in [0.2, 0.25) is 0 Å². The van der Waals surface area contributed by atoms with Crippen molar-refractivity contribution >= 4 is 34.9 Å². The molecule has 0 saturated carbocycles. The van der Waals surface area contributed by atoms with Gasteiger partial charge in [-0.05, 0) is 0 Å². The molecule has 0 radical (unpaired) electrons. The van der Waals surface area contributed by atoms with Gasteiger partial charge in [-0.25, -0.2) is 0 Å². The Kier molecular flexibility index (Phi) is 3.41. The van der Waals surface area contributed by atoms with Crippen molar-refractivity contribution in [3.8, 4) is 0 Å². The topological polar surface area (TPSA) is 18.5 Å². The van der Waals surface area contributed by atoms with Crippen molar-refractivity contribution in [1.29, 1.82) is 0 Å². The molecule has 1 aliphatic rings. The van der Waals surface area contributed by atoms with Crippen molar-refractivity contribution in [3.63, 3.8) is 0 Å². The molecule has 52 valence electrons. The van der Waals surface area contributed by atoms with Crippen LogP contribution in [0, 0.1) is 0 Å². The standard InChI is InChI=1S/C5H8O2Se2/c8-5(9)4-3-6-1-2-7-4/h4H,1-3H2,(H,8,9). The summed E-state index contributed by atoms with van der Waals surface area (Å²) in [6.45, 7) is 2.14. The van der Waals surface area contributed by atoms with Crippen LogP contribution in [0.2, 0.25) is 0 Å². The Morgan fingerprint density at radius 3 is 2.67 bits per heavy atom. The zero-order valence-electron chi connectivity index (χ0n) is 4.87. The van der Waals surface area contributed by atoms with E-state index in [9.17, 15) is 0 Å². The van der Waals surface area contributed by atoms with Gasteiger partial charge in [-0.3, -0.25) is 0 Å². The van der Waals surface area contributed by atoms with E-state index in [0.29, 0.717) is 13.2 Å². The van der Waals surface area contributed by atoms with Crippen molar-refractivity contribution in [2.75, 3.05) is 19.8 Å². The molecule has 0 N–H and O–H groups in total. The number of hydrogen-bond acceptors (Lipinski definition) is 2. The number of rotatable bonds is 1. The van der Waals surface area contributed by atoms with Crippen molar-refractivity contribution < 1.29 is 9.47 Å². The third-order valence-corrected chi connectivity index (χ3v) is 2.25. The van der Waals surface area contributed by atoms with Crippen LogP contribution in [-0.4, -0.2) is 60.8 Å². The van der Waals surface area contributed by atoms with Crippen LogP contribution in [0.15, 0.2) is 0 Å². The van der Waals surface area contributed by atoms with Crippen LogP contribution in [0.1, 0.15) is 0 Å². The van der Waals surface area contributed by atoms with E-state index in [2.05, 4.69) is 31.6 Å². The first kappa shape index (κ1) is 7.93. The molecule has 1 fully saturated rings. The summed E-state index contributed by atoms with van der Waals surface area (Å²) in [4.78, 5) is 0. The van der Waals surface area contributed by atoms with Gasteiger partial charge in [0.15, 0.2) is 0 Å². The number of hydrogen-bond donors (Lipinski definition) is 0. The minimum atomic E-state index is 0.166. The van der Waals surface area contributed by atoms with E-state index in [0.717, 1.165) is 9.92 Å². The van der Waals surface area contributed by atoms with Crippen LogP contribution < -0.4 is 0 Å². The average Bonchev–Trinajstić information content (AvgIpc) is 1.90. The molecule has 1 saturated heterocycles. The van der Waals surface area contributed by atoms with Crippen molar-refractivity contribution in [2.24, 2.45) is 0 Å². The molecule has 0 spiro atoms. The van der Waals surface area contributed by atoms with E-state index < -0.39 is 0 Å². The number of ether oxygens (including phenoxy) is 2. The van der Waals surface area contributed by atoms with E-state index in [4.69, 9.17) is 9.47 Å². The van der Waals surface area contributed by atoms with Crippen LogP contribution >= 0.6 is 0 Å². The zero-order chi connectivity index (χ0) is 6.69. The molecule has 9 heavy (non-hydrogen) atoms. The molecule has 4 heteroatoms. The molecule has 0 aromatic carbocycles. The van der Waals surface area contributed by atoms with Gasteiger partial charge in [0.1, 0.15) is 0 Å². The Balaban J connectivity index is 2.31. The van der Waals surface area contributed by atoms with Crippen LogP contribution in [-0.2, 0) is 9.47 Å². The quantitative estimate of drug-likeness (QED) is 0.539. The van der Waals surface area contributed by atoms with Gasteiger partial charge in [0, 0.05) is 0 Å². The van der Waals surface area contributed by atoms with Crippen LogP contribution in [0.4, 0.5) is 0 Å². The predicted molar refractivity (Wildman–Crippen MR) is 38.5 cm³/mol. The summed E-state index contributed by atoms with van der Waals surface area (Å²) in [7, 11) is 0. The van der Waals surface area contributed by atoms with Crippen LogP contribution in [0.25, 0.3) is 0 Å². The third-order valence-electron chi connectivity index (χ3n) is 1.09. The van der Waals surface area contributed by atoms with Crippen molar-refractivity contribution in [3.05, 3.63) is 0 Å². The zero-order valence-corrected chi connectivity index (χ0v) is 8.46. The van der Waals surface area contributed by atoms with Crippen molar-refractivity contribution in [1.82, 2.24) is 0 Å². The van der Waals surface area contributed by atoms with Crippen LogP contribution in [0.3, 0.4) is 0 Å². The second kappa shape index (κ2) is 3.87. The summed E-state index contributed by atoms with van der Waals surface area (Å²) < 4.78 is 11.6. The Labute approximate surface area is 70.5 Å². The summed E-state index contributed by atoms with van der Waals surface area (Å²) in [5, 5.41) is 0. The Bertz CT molecular complexity index is 110. The Hall–Kier alpha value is 0.829. The molecular weight excluding hydrogens is 250 g/mol. The second-order valence-corrected chi connectivity index (χ2v) is 5.18. The van der Waals surface area contributed by atoms with Gasteiger partial charge in [0.05, 0.1) is 0 Å². The van der Waals surface area contributed by atoms with Gasteiger partial charge in [0.25, 0.3) is 0 Å². The maximum atomic E-state index is 5.33. The molecular formula is C5H8O2Se2.